The Morgan fingerprint density at radius 1 is 1.07 bits per heavy atom. The summed E-state index contributed by atoms with van der Waals surface area (Å²) in [6, 6.07) is 3.42. The van der Waals surface area contributed by atoms with Gasteiger partial charge in [0.25, 0.3) is 11.8 Å². The van der Waals surface area contributed by atoms with E-state index in [1.165, 1.54) is 18.2 Å². The Morgan fingerprint density at radius 3 is 2.52 bits per heavy atom. The maximum atomic E-state index is 12.7. The van der Waals surface area contributed by atoms with Crippen LogP contribution < -0.4 is 10.1 Å². The zero-order chi connectivity index (χ0) is 20.5. The molecule has 0 radical (unpaired) electrons. The predicted octanol–water partition coefficient (Wildman–Crippen LogP) is 0.309. The number of hydrogen-bond acceptors (Lipinski definition) is 7. The van der Waals surface area contributed by atoms with Gasteiger partial charge in [0.05, 0.1) is 11.1 Å². The van der Waals surface area contributed by atoms with Gasteiger partial charge in [-0.25, -0.2) is 4.79 Å². The number of likely N-dealkylation sites (tertiary alicyclic amines) is 1. The van der Waals surface area contributed by atoms with Crippen LogP contribution in [-0.4, -0.2) is 71.9 Å². The third kappa shape index (κ3) is 3.53. The number of rotatable bonds is 5. The second-order valence-corrected chi connectivity index (χ2v) is 6.96. The van der Waals surface area contributed by atoms with E-state index in [2.05, 4.69) is 5.32 Å². The number of benzene rings is 1. The van der Waals surface area contributed by atoms with E-state index in [4.69, 9.17) is 9.47 Å². The van der Waals surface area contributed by atoms with E-state index in [9.17, 15) is 24.0 Å². The summed E-state index contributed by atoms with van der Waals surface area (Å²) in [7, 11) is 0. The number of fused-ring (bicyclic) bond motifs is 1. The monoisotopic (exact) mass is 401 g/mol. The van der Waals surface area contributed by atoms with Crippen LogP contribution in [-0.2, 0) is 14.3 Å². The Kier molecular flexibility index (Phi) is 4.91. The Hall–Kier alpha value is -3.43. The molecule has 0 spiro atoms. The van der Waals surface area contributed by atoms with Gasteiger partial charge in [0.15, 0.2) is 0 Å². The van der Waals surface area contributed by atoms with Gasteiger partial charge in [0.2, 0.25) is 11.8 Å². The van der Waals surface area contributed by atoms with Gasteiger partial charge in [0.1, 0.15) is 25.0 Å². The third-order valence-electron chi connectivity index (χ3n) is 5.10. The Bertz CT molecular complexity index is 909. The maximum absolute atomic E-state index is 12.7. The van der Waals surface area contributed by atoms with E-state index in [0.29, 0.717) is 18.8 Å². The highest BCUT2D eigenvalue weighted by molar-refractivity contribution is 6.23. The molecular weight excluding hydrogens is 382 g/mol. The highest BCUT2D eigenvalue weighted by Gasteiger charge is 2.44. The van der Waals surface area contributed by atoms with Gasteiger partial charge in [-0.1, -0.05) is 0 Å². The second kappa shape index (κ2) is 7.53. The summed E-state index contributed by atoms with van der Waals surface area (Å²) in [6.07, 6.45) is 0.758. The van der Waals surface area contributed by atoms with Crippen molar-refractivity contribution >= 4 is 29.7 Å². The lowest BCUT2D eigenvalue weighted by atomic mass is 10.0. The smallest absolute Gasteiger partial charge is 0.409 e. The number of nitrogens with one attached hydrogen (secondary N) is 1. The summed E-state index contributed by atoms with van der Waals surface area (Å²) in [6.45, 7) is 1.55. The fourth-order valence-corrected chi connectivity index (χ4v) is 3.42. The number of amides is 5. The van der Waals surface area contributed by atoms with Crippen LogP contribution in [0.1, 0.15) is 40.0 Å². The molecule has 1 N–H and O–H groups in total. The summed E-state index contributed by atoms with van der Waals surface area (Å²) in [5, 5.41) is 2.15. The third-order valence-corrected chi connectivity index (χ3v) is 5.10. The van der Waals surface area contributed by atoms with Gasteiger partial charge in [-0.2, -0.15) is 0 Å². The SMILES string of the molecule is O=C1CCC(N2C(=O)c3ccc(OCCOC(=O)N4CCC4)cc3C2=O)C(=O)N1. The Morgan fingerprint density at radius 2 is 1.83 bits per heavy atom. The van der Waals surface area contributed by atoms with Gasteiger partial charge in [-0.15, -0.1) is 0 Å². The molecular formula is C19H19N3O7. The molecule has 4 rings (SSSR count). The van der Waals surface area contributed by atoms with Gasteiger partial charge in [-0.05, 0) is 31.0 Å². The molecule has 3 aliphatic rings. The van der Waals surface area contributed by atoms with E-state index in [1.807, 2.05) is 0 Å². The lowest BCUT2D eigenvalue weighted by molar-refractivity contribution is -0.136. The van der Waals surface area contributed by atoms with Gasteiger partial charge in [-0.3, -0.25) is 29.4 Å². The topological polar surface area (TPSA) is 122 Å². The molecule has 5 amide bonds. The average molecular weight is 401 g/mol. The minimum atomic E-state index is -1.01. The van der Waals surface area contributed by atoms with Crippen molar-refractivity contribution in [2.75, 3.05) is 26.3 Å². The van der Waals surface area contributed by atoms with E-state index in [-0.39, 0.29) is 43.3 Å². The van der Waals surface area contributed by atoms with Crippen LogP contribution in [0.5, 0.6) is 5.75 Å². The van der Waals surface area contributed by atoms with Crippen molar-refractivity contribution in [2.24, 2.45) is 0 Å². The molecule has 2 saturated heterocycles. The minimum Gasteiger partial charge on any atom is -0.490 e. The first-order valence-corrected chi connectivity index (χ1v) is 9.36. The van der Waals surface area contributed by atoms with Crippen molar-refractivity contribution in [2.45, 2.75) is 25.3 Å². The Labute approximate surface area is 165 Å². The summed E-state index contributed by atoms with van der Waals surface area (Å²) < 4.78 is 10.6. The van der Waals surface area contributed by atoms with Crippen LogP contribution >= 0.6 is 0 Å². The zero-order valence-corrected chi connectivity index (χ0v) is 15.5. The molecule has 0 saturated carbocycles. The van der Waals surface area contributed by atoms with Crippen LogP contribution in [0.3, 0.4) is 0 Å². The largest absolute Gasteiger partial charge is 0.490 e. The van der Waals surface area contributed by atoms with Crippen LogP contribution in [0, 0.1) is 0 Å². The van der Waals surface area contributed by atoms with Crippen molar-refractivity contribution in [1.29, 1.82) is 0 Å². The molecule has 0 aliphatic carbocycles. The molecule has 3 aliphatic heterocycles. The quantitative estimate of drug-likeness (QED) is 0.556. The Balaban J connectivity index is 1.38. The molecule has 3 heterocycles. The number of imide groups is 2. The van der Waals surface area contributed by atoms with E-state index < -0.39 is 29.7 Å². The van der Waals surface area contributed by atoms with Crippen LogP contribution in [0.25, 0.3) is 0 Å². The van der Waals surface area contributed by atoms with Crippen molar-refractivity contribution in [1.82, 2.24) is 15.1 Å². The molecule has 0 bridgehead atoms. The van der Waals surface area contributed by atoms with E-state index in [1.54, 1.807) is 4.90 Å². The first-order valence-electron chi connectivity index (χ1n) is 9.36. The summed E-state index contributed by atoms with van der Waals surface area (Å²) in [5.74, 6) is -1.91. The summed E-state index contributed by atoms with van der Waals surface area (Å²) in [5.41, 5.74) is 0.311. The van der Waals surface area contributed by atoms with E-state index in [0.717, 1.165) is 11.3 Å². The lowest BCUT2D eigenvalue weighted by Gasteiger charge is -2.29. The second-order valence-electron chi connectivity index (χ2n) is 6.96. The normalized spacial score (nSPS) is 20.9. The number of ether oxygens (including phenoxy) is 2. The highest BCUT2D eigenvalue weighted by atomic mass is 16.6. The number of piperidine rings is 1. The number of nitrogens with zero attached hydrogens (tertiary/aromatic N) is 2. The molecule has 1 aromatic carbocycles. The zero-order valence-electron chi connectivity index (χ0n) is 15.5. The van der Waals surface area contributed by atoms with E-state index >= 15 is 0 Å². The van der Waals surface area contributed by atoms with Crippen molar-refractivity contribution < 1.29 is 33.4 Å². The number of carbonyl (C=O) groups excluding carboxylic acids is 5. The van der Waals surface area contributed by atoms with Crippen molar-refractivity contribution in [3.05, 3.63) is 29.3 Å². The number of carbonyl (C=O) groups is 5. The molecule has 1 atom stereocenters. The minimum absolute atomic E-state index is 0.0572. The molecule has 0 aromatic heterocycles. The first-order chi connectivity index (χ1) is 14.0. The van der Waals surface area contributed by atoms with Gasteiger partial charge in [0, 0.05) is 19.5 Å². The molecule has 2 fully saturated rings. The van der Waals surface area contributed by atoms with Crippen LogP contribution in [0.15, 0.2) is 18.2 Å². The maximum Gasteiger partial charge on any atom is 0.409 e. The summed E-state index contributed by atoms with van der Waals surface area (Å²) >= 11 is 0. The predicted molar refractivity (Wildman–Crippen MR) is 96.1 cm³/mol. The fourth-order valence-electron chi connectivity index (χ4n) is 3.42. The van der Waals surface area contributed by atoms with Gasteiger partial charge < -0.3 is 14.4 Å². The molecule has 10 heteroatoms. The molecule has 1 aromatic rings. The van der Waals surface area contributed by atoms with Crippen LogP contribution in [0.4, 0.5) is 4.79 Å². The van der Waals surface area contributed by atoms with Crippen LogP contribution in [0.2, 0.25) is 0 Å². The summed E-state index contributed by atoms with van der Waals surface area (Å²) in [4.78, 5) is 62.8. The molecule has 1 unspecified atom stereocenters. The average Bonchev–Trinajstić information content (AvgIpc) is 2.88. The standard InChI is InChI=1S/C19H19N3O7/c23-15-5-4-14(16(24)20-15)22-17(25)12-3-2-11(10-13(12)18(22)26)28-8-9-29-19(27)21-6-1-7-21/h2-3,10,14H,1,4-9H2,(H,20,23,24). The molecule has 29 heavy (non-hydrogen) atoms. The molecule has 10 nitrogen and oxygen atoms in total. The lowest BCUT2D eigenvalue weighted by Crippen LogP contribution is -2.54. The van der Waals surface area contributed by atoms with Crippen molar-refractivity contribution in [3.8, 4) is 5.75 Å². The molecule has 152 valence electrons. The first kappa shape index (κ1) is 18.9. The fraction of sp³-hybridized carbons (Fsp3) is 0.421. The highest BCUT2D eigenvalue weighted by Crippen LogP contribution is 2.30. The number of hydrogen-bond donors (Lipinski definition) is 1. The van der Waals surface area contributed by atoms with Crippen molar-refractivity contribution in [3.63, 3.8) is 0 Å². The van der Waals surface area contributed by atoms with Gasteiger partial charge >= 0.3 is 6.09 Å².